The average molecular weight is 248 g/mol. The van der Waals surface area contributed by atoms with E-state index in [9.17, 15) is 9.59 Å². The van der Waals surface area contributed by atoms with Crippen LogP contribution >= 0.6 is 0 Å². The first-order valence-corrected chi connectivity index (χ1v) is 6.05. The second-order valence-corrected chi connectivity index (χ2v) is 4.31. The maximum absolute atomic E-state index is 12.1. The van der Waals surface area contributed by atoms with Crippen molar-refractivity contribution in [3.05, 3.63) is 29.3 Å². The Kier molecular flexibility index (Phi) is 3.65. The predicted molar refractivity (Wildman–Crippen MR) is 65.8 cm³/mol. The van der Waals surface area contributed by atoms with Crippen molar-refractivity contribution in [2.75, 3.05) is 13.7 Å². The van der Waals surface area contributed by atoms with Crippen LogP contribution in [0.5, 0.6) is 5.75 Å². The highest BCUT2D eigenvalue weighted by molar-refractivity contribution is 6.12. The number of esters is 1. The van der Waals surface area contributed by atoms with Crippen molar-refractivity contribution in [3.63, 3.8) is 0 Å². The molecule has 0 bridgehead atoms. The van der Waals surface area contributed by atoms with Gasteiger partial charge in [-0.3, -0.25) is 9.59 Å². The number of Topliss-reactive ketones (excluding diaryl/α,β-unsaturated/α-hetero) is 1. The fourth-order valence-electron chi connectivity index (χ4n) is 2.10. The Morgan fingerprint density at radius 3 is 2.89 bits per heavy atom. The van der Waals surface area contributed by atoms with Gasteiger partial charge in [0.15, 0.2) is 5.78 Å². The molecule has 0 aliphatic heterocycles. The van der Waals surface area contributed by atoms with Gasteiger partial charge in [-0.25, -0.2) is 0 Å². The number of ether oxygens (including phenoxy) is 2. The number of rotatable bonds is 4. The maximum Gasteiger partial charge on any atom is 0.317 e. The third-order valence-electron chi connectivity index (χ3n) is 3.05. The zero-order valence-electron chi connectivity index (χ0n) is 10.6. The molecule has 0 saturated heterocycles. The van der Waals surface area contributed by atoms with Crippen LogP contribution in [-0.2, 0) is 16.0 Å². The predicted octanol–water partition coefficient (Wildman–Crippen LogP) is 2.00. The number of carbonyl (C=O) groups is 2. The van der Waals surface area contributed by atoms with Gasteiger partial charge in [-0.2, -0.15) is 0 Å². The summed E-state index contributed by atoms with van der Waals surface area (Å²) in [5, 5.41) is 0. The fourth-order valence-corrected chi connectivity index (χ4v) is 2.10. The largest absolute Gasteiger partial charge is 0.497 e. The SMILES string of the molecule is CCCOC(=O)C1Cc2cc(OC)ccc2C1=O. The van der Waals surface area contributed by atoms with Crippen LogP contribution in [0.25, 0.3) is 0 Å². The van der Waals surface area contributed by atoms with Crippen molar-refractivity contribution in [3.8, 4) is 5.75 Å². The molecule has 1 atom stereocenters. The molecule has 4 heteroatoms. The third kappa shape index (κ3) is 2.23. The fraction of sp³-hybridized carbons (Fsp3) is 0.429. The summed E-state index contributed by atoms with van der Waals surface area (Å²) in [7, 11) is 1.57. The van der Waals surface area contributed by atoms with Crippen LogP contribution in [0.3, 0.4) is 0 Å². The standard InChI is InChI=1S/C14H16O4/c1-3-6-18-14(16)12-8-9-7-10(17-2)4-5-11(9)13(12)15/h4-5,7,12H,3,6,8H2,1-2H3. The molecule has 0 amide bonds. The van der Waals surface area contributed by atoms with Gasteiger partial charge in [-0.05, 0) is 36.6 Å². The summed E-state index contributed by atoms with van der Waals surface area (Å²) in [5.74, 6) is -0.548. The second kappa shape index (κ2) is 5.21. The molecule has 18 heavy (non-hydrogen) atoms. The maximum atomic E-state index is 12.1. The molecule has 0 fully saturated rings. The van der Waals surface area contributed by atoms with Gasteiger partial charge in [0.05, 0.1) is 13.7 Å². The van der Waals surface area contributed by atoms with E-state index in [0.717, 1.165) is 12.0 Å². The lowest BCUT2D eigenvalue weighted by Crippen LogP contribution is -2.23. The van der Waals surface area contributed by atoms with Crippen LogP contribution in [0.15, 0.2) is 18.2 Å². The summed E-state index contributed by atoms with van der Waals surface area (Å²) in [4.78, 5) is 23.8. The molecule has 4 nitrogen and oxygen atoms in total. The normalized spacial score (nSPS) is 17.4. The zero-order chi connectivity index (χ0) is 13.1. The van der Waals surface area contributed by atoms with Crippen LogP contribution in [-0.4, -0.2) is 25.5 Å². The number of hydrogen-bond donors (Lipinski definition) is 0. The monoisotopic (exact) mass is 248 g/mol. The van der Waals surface area contributed by atoms with Crippen molar-refractivity contribution in [1.82, 2.24) is 0 Å². The summed E-state index contributed by atoms with van der Waals surface area (Å²) in [6, 6.07) is 5.25. The number of ketones is 1. The lowest BCUT2D eigenvalue weighted by molar-refractivity contribution is -0.146. The van der Waals surface area contributed by atoms with Crippen molar-refractivity contribution < 1.29 is 19.1 Å². The molecule has 1 aromatic carbocycles. The van der Waals surface area contributed by atoms with Crippen molar-refractivity contribution in [2.24, 2.45) is 5.92 Å². The lowest BCUT2D eigenvalue weighted by Gasteiger charge is -2.07. The van der Waals surface area contributed by atoms with Crippen LogP contribution in [0.1, 0.15) is 29.3 Å². The van der Waals surface area contributed by atoms with E-state index in [1.165, 1.54) is 0 Å². The van der Waals surface area contributed by atoms with E-state index in [4.69, 9.17) is 9.47 Å². The first-order valence-electron chi connectivity index (χ1n) is 6.05. The van der Waals surface area contributed by atoms with Gasteiger partial charge in [-0.1, -0.05) is 6.92 Å². The van der Waals surface area contributed by atoms with E-state index >= 15 is 0 Å². The van der Waals surface area contributed by atoms with Crippen LogP contribution < -0.4 is 4.74 Å². The molecule has 2 rings (SSSR count). The van der Waals surface area contributed by atoms with E-state index in [1.54, 1.807) is 25.3 Å². The van der Waals surface area contributed by atoms with Crippen LogP contribution in [0.4, 0.5) is 0 Å². The van der Waals surface area contributed by atoms with Gasteiger partial charge < -0.3 is 9.47 Å². The summed E-state index contributed by atoms with van der Waals surface area (Å²) in [6.45, 7) is 2.28. The van der Waals surface area contributed by atoms with Crippen LogP contribution in [0.2, 0.25) is 0 Å². The molecule has 96 valence electrons. The molecule has 1 unspecified atom stereocenters. The third-order valence-corrected chi connectivity index (χ3v) is 3.05. The van der Waals surface area contributed by atoms with Gasteiger partial charge in [0.1, 0.15) is 11.7 Å². The number of carbonyl (C=O) groups excluding carboxylic acids is 2. The molecule has 1 aromatic rings. The summed E-state index contributed by atoms with van der Waals surface area (Å²) in [5.41, 5.74) is 1.46. The summed E-state index contributed by atoms with van der Waals surface area (Å²) >= 11 is 0. The minimum Gasteiger partial charge on any atom is -0.497 e. The highest BCUT2D eigenvalue weighted by atomic mass is 16.5. The van der Waals surface area contributed by atoms with E-state index in [-0.39, 0.29) is 5.78 Å². The number of hydrogen-bond acceptors (Lipinski definition) is 4. The molecule has 1 aliphatic carbocycles. The molecular formula is C14H16O4. The van der Waals surface area contributed by atoms with Crippen LogP contribution in [0, 0.1) is 5.92 Å². The Balaban J connectivity index is 2.16. The summed E-state index contributed by atoms with van der Waals surface area (Å²) in [6.07, 6.45) is 1.17. The minimum absolute atomic E-state index is 0.145. The first-order chi connectivity index (χ1) is 8.67. The van der Waals surface area contributed by atoms with Gasteiger partial charge in [0, 0.05) is 5.56 Å². The molecule has 0 N–H and O–H groups in total. The quantitative estimate of drug-likeness (QED) is 0.604. The Hall–Kier alpha value is -1.84. The molecule has 0 radical (unpaired) electrons. The Morgan fingerprint density at radius 1 is 1.44 bits per heavy atom. The van der Waals surface area contributed by atoms with Gasteiger partial charge in [-0.15, -0.1) is 0 Å². The zero-order valence-corrected chi connectivity index (χ0v) is 10.6. The Morgan fingerprint density at radius 2 is 2.22 bits per heavy atom. The highest BCUT2D eigenvalue weighted by Gasteiger charge is 2.36. The van der Waals surface area contributed by atoms with Crippen molar-refractivity contribution in [1.29, 1.82) is 0 Å². The smallest absolute Gasteiger partial charge is 0.317 e. The van der Waals surface area contributed by atoms with E-state index in [0.29, 0.717) is 24.3 Å². The molecule has 1 aliphatic rings. The van der Waals surface area contributed by atoms with E-state index in [1.807, 2.05) is 6.92 Å². The highest BCUT2D eigenvalue weighted by Crippen LogP contribution is 2.30. The minimum atomic E-state index is -0.682. The van der Waals surface area contributed by atoms with Crippen molar-refractivity contribution >= 4 is 11.8 Å². The van der Waals surface area contributed by atoms with Gasteiger partial charge in [0.25, 0.3) is 0 Å². The summed E-state index contributed by atoms with van der Waals surface area (Å²) < 4.78 is 10.2. The first kappa shape index (κ1) is 12.6. The number of methoxy groups -OCH3 is 1. The molecule has 0 heterocycles. The van der Waals surface area contributed by atoms with E-state index in [2.05, 4.69) is 0 Å². The second-order valence-electron chi connectivity index (χ2n) is 4.31. The Bertz CT molecular complexity index is 479. The molecule has 0 saturated carbocycles. The number of benzene rings is 1. The van der Waals surface area contributed by atoms with Gasteiger partial charge in [0.2, 0.25) is 0 Å². The van der Waals surface area contributed by atoms with E-state index < -0.39 is 11.9 Å². The Labute approximate surface area is 106 Å². The topological polar surface area (TPSA) is 52.6 Å². The lowest BCUT2D eigenvalue weighted by atomic mass is 10.1. The number of fused-ring (bicyclic) bond motifs is 1. The molecule has 0 aromatic heterocycles. The van der Waals surface area contributed by atoms with Gasteiger partial charge >= 0.3 is 5.97 Å². The average Bonchev–Trinajstić information content (AvgIpc) is 2.72. The van der Waals surface area contributed by atoms with Crippen molar-refractivity contribution in [2.45, 2.75) is 19.8 Å². The molecule has 0 spiro atoms. The molecular weight excluding hydrogens is 232 g/mol.